The Morgan fingerprint density at radius 3 is 1.92 bits per heavy atom. The van der Waals surface area contributed by atoms with E-state index >= 15 is 0 Å². The number of carboxylic acid groups (broad SMARTS) is 1. The van der Waals surface area contributed by atoms with Gasteiger partial charge in [0, 0.05) is 25.7 Å². The third kappa shape index (κ3) is 3.01. The summed E-state index contributed by atoms with van der Waals surface area (Å²) in [5.41, 5.74) is 0.679. The molecule has 4 rings (SSSR count). The predicted molar refractivity (Wildman–Crippen MR) is 94.3 cm³/mol. The number of aliphatic hydroxyl groups is 1. The van der Waals surface area contributed by atoms with E-state index in [0.29, 0.717) is 18.4 Å². The van der Waals surface area contributed by atoms with Crippen LogP contribution in [-0.4, -0.2) is 46.9 Å². The third-order valence-electron chi connectivity index (χ3n) is 5.51. The van der Waals surface area contributed by atoms with Gasteiger partial charge in [-0.05, 0) is 23.0 Å². The maximum atomic E-state index is 11.6. The van der Waals surface area contributed by atoms with Gasteiger partial charge in [-0.2, -0.15) is 0 Å². The normalized spacial score (nSPS) is 25.4. The van der Waals surface area contributed by atoms with Gasteiger partial charge in [0.05, 0.1) is 0 Å². The standard InChI is InChI=1S/C20H22N2O3/c23-19(24)21-18-16-11-22(12-17(16)18)13-20(25,14-7-3-1-4-8-14)15-9-5-2-6-10-15/h1-10,16-18,21,25H,11-13H2,(H,23,24). The summed E-state index contributed by atoms with van der Waals surface area (Å²) in [5.74, 6) is 0.735. The van der Waals surface area contributed by atoms with E-state index in [1.165, 1.54) is 0 Å². The summed E-state index contributed by atoms with van der Waals surface area (Å²) >= 11 is 0. The van der Waals surface area contributed by atoms with E-state index in [0.717, 1.165) is 24.2 Å². The van der Waals surface area contributed by atoms with E-state index in [1.54, 1.807) is 0 Å². The van der Waals surface area contributed by atoms with Crippen LogP contribution in [0.4, 0.5) is 4.79 Å². The van der Waals surface area contributed by atoms with Crippen molar-refractivity contribution in [3.8, 4) is 0 Å². The molecule has 2 unspecified atom stereocenters. The zero-order chi connectivity index (χ0) is 17.4. The number of hydrogen-bond donors (Lipinski definition) is 3. The van der Waals surface area contributed by atoms with Crippen molar-refractivity contribution >= 4 is 6.09 Å². The molecule has 2 atom stereocenters. The van der Waals surface area contributed by atoms with Gasteiger partial charge in [-0.15, -0.1) is 0 Å². The van der Waals surface area contributed by atoms with Gasteiger partial charge in [-0.3, -0.25) is 4.90 Å². The summed E-state index contributed by atoms with van der Waals surface area (Å²) < 4.78 is 0. The van der Waals surface area contributed by atoms with Gasteiger partial charge in [0.1, 0.15) is 5.60 Å². The van der Waals surface area contributed by atoms with Crippen LogP contribution in [0.25, 0.3) is 0 Å². The van der Waals surface area contributed by atoms with Crippen LogP contribution in [0.5, 0.6) is 0 Å². The van der Waals surface area contributed by atoms with Crippen molar-refractivity contribution in [1.29, 1.82) is 0 Å². The summed E-state index contributed by atoms with van der Waals surface area (Å²) in [7, 11) is 0. The predicted octanol–water partition coefficient (Wildman–Crippen LogP) is 2.12. The molecule has 5 nitrogen and oxygen atoms in total. The number of likely N-dealkylation sites (tertiary alicyclic amines) is 1. The number of hydrogen-bond acceptors (Lipinski definition) is 3. The quantitative estimate of drug-likeness (QED) is 0.781. The zero-order valence-electron chi connectivity index (χ0n) is 13.9. The number of nitrogens with one attached hydrogen (secondary N) is 1. The number of β-amino-alcohol motifs (C(OH)–C–C–N with tert-alkyl or cyclic N) is 1. The van der Waals surface area contributed by atoms with Crippen molar-refractivity contribution in [2.75, 3.05) is 19.6 Å². The van der Waals surface area contributed by atoms with Crippen LogP contribution in [0.2, 0.25) is 0 Å². The lowest BCUT2D eigenvalue weighted by Crippen LogP contribution is -2.43. The Kier molecular flexibility index (Phi) is 3.98. The van der Waals surface area contributed by atoms with E-state index in [1.807, 2.05) is 60.7 Å². The van der Waals surface area contributed by atoms with Crippen LogP contribution >= 0.6 is 0 Å². The van der Waals surface area contributed by atoms with Gasteiger partial charge < -0.3 is 15.5 Å². The number of nitrogens with zero attached hydrogens (tertiary/aromatic N) is 1. The first kappa shape index (κ1) is 16.1. The Labute approximate surface area is 146 Å². The van der Waals surface area contributed by atoms with Gasteiger partial charge in [0.25, 0.3) is 0 Å². The van der Waals surface area contributed by atoms with Crippen molar-refractivity contribution in [3.63, 3.8) is 0 Å². The highest BCUT2D eigenvalue weighted by molar-refractivity contribution is 5.65. The average molecular weight is 338 g/mol. The Hall–Kier alpha value is -2.37. The van der Waals surface area contributed by atoms with Crippen LogP contribution in [0.3, 0.4) is 0 Å². The Bertz CT molecular complexity index is 699. The molecule has 1 amide bonds. The summed E-state index contributed by atoms with van der Waals surface area (Å²) in [6, 6.07) is 19.6. The maximum Gasteiger partial charge on any atom is 0.404 e. The second kappa shape index (κ2) is 6.17. The Balaban J connectivity index is 1.53. The van der Waals surface area contributed by atoms with Gasteiger partial charge >= 0.3 is 6.09 Å². The van der Waals surface area contributed by atoms with E-state index in [4.69, 9.17) is 5.11 Å². The topological polar surface area (TPSA) is 72.8 Å². The van der Waals surface area contributed by atoms with Crippen LogP contribution in [0.15, 0.2) is 60.7 Å². The summed E-state index contributed by atoms with van der Waals surface area (Å²) in [5, 5.41) is 23.0. The molecule has 1 aliphatic heterocycles. The van der Waals surface area contributed by atoms with Crippen molar-refractivity contribution in [1.82, 2.24) is 10.2 Å². The molecule has 1 saturated heterocycles. The zero-order valence-corrected chi connectivity index (χ0v) is 13.9. The fraction of sp³-hybridized carbons (Fsp3) is 0.350. The van der Waals surface area contributed by atoms with E-state index in [-0.39, 0.29) is 6.04 Å². The molecule has 2 aromatic rings. The molecule has 1 aliphatic carbocycles. The molecule has 25 heavy (non-hydrogen) atoms. The second-order valence-corrected chi connectivity index (χ2v) is 7.09. The average Bonchev–Trinajstić information content (AvgIpc) is 3.06. The molecular weight excluding hydrogens is 316 g/mol. The summed E-state index contributed by atoms with van der Waals surface area (Å²) in [6.07, 6.45) is -0.948. The first-order valence-corrected chi connectivity index (χ1v) is 8.63. The Morgan fingerprint density at radius 2 is 1.48 bits per heavy atom. The molecule has 0 radical (unpaired) electrons. The molecule has 5 heteroatoms. The monoisotopic (exact) mass is 338 g/mol. The van der Waals surface area contributed by atoms with Crippen LogP contribution < -0.4 is 5.32 Å². The van der Waals surface area contributed by atoms with Crippen molar-refractivity contribution in [2.24, 2.45) is 11.8 Å². The van der Waals surface area contributed by atoms with Gasteiger partial charge in [0.2, 0.25) is 0 Å². The van der Waals surface area contributed by atoms with Crippen molar-refractivity contribution < 1.29 is 15.0 Å². The third-order valence-corrected chi connectivity index (χ3v) is 5.51. The molecule has 2 fully saturated rings. The van der Waals surface area contributed by atoms with Gasteiger partial charge in [-0.1, -0.05) is 60.7 Å². The van der Waals surface area contributed by atoms with E-state index < -0.39 is 11.7 Å². The summed E-state index contributed by atoms with van der Waals surface area (Å²) in [4.78, 5) is 13.0. The fourth-order valence-corrected chi connectivity index (χ4v) is 4.20. The number of piperidine rings is 1. The molecule has 0 aromatic heterocycles. The van der Waals surface area contributed by atoms with E-state index in [2.05, 4.69) is 10.2 Å². The highest BCUT2D eigenvalue weighted by atomic mass is 16.4. The van der Waals surface area contributed by atoms with Gasteiger partial charge in [0.15, 0.2) is 0 Å². The molecular formula is C20H22N2O3. The molecule has 2 aromatic carbocycles. The second-order valence-electron chi connectivity index (χ2n) is 7.09. The molecule has 1 saturated carbocycles. The highest BCUT2D eigenvalue weighted by Gasteiger charge is 2.57. The number of amides is 1. The molecule has 1 heterocycles. The van der Waals surface area contributed by atoms with Gasteiger partial charge in [-0.25, -0.2) is 4.79 Å². The Morgan fingerprint density at radius 1 is 1.00 bits per heavy atom. The number of carbonyl (C=O) groups is 1. The highest BCUT2D eigenvalue weighted by Crippen LogP contribution is 2.46. The van der Waals surface area contributed by atoms with Crippen LogP contribution in [0.1, 0.15) is 11.1 Å². The number of rotatable bonds is 5. The van der Waals surface area contributed by atoms with Crippen molar-refractivity contribution in [3.05, 3.63) is 71.8 Å². The van der Waals surface area contributed by atoms with E-state index in [9.17, 15) is 9.90 Å². The fourth-order valence-electron chi connectivity index (χ4n) is 4.20. The number of benzene rings is 2. The number of fused-ring (bicyclic) bond motifs is 1. The lowest BCUT2D eigenvalue weighted by molar-refractivity contribution is 0.0387. The van der Waals surface area contributed by atoms with Crippen LogP contribution in [-0.2, 0) is 5.60 Å². The maximum absolute atomic E-state index is 11.6. The minimum atomic E-state index is -1.07. The molecule has 0 spiro atoms. The first-order chi connectivity index (χ1) is 12.1. The summed E-state index contributed by atoms with van der Waals surface area (Å²) in [6.45, 7) is 2.14. The lowest BCUT2D eigenvalue weighted by Gasteiger charge is -2.34. The minimum absolute atomic E-state index is 0.0790. The minimum Gasteiger partial charge on any atom is -0.465 e. The van der Waals surface area contributed by atoms with Crippen LogP contribution in [0, 0.1) is 11.8 Å². The SMILES string of the molecule is O=C(O)NC1C2CN(CC(O)(c3ccccc3)c3ccccc3)CC21. The first-order valence-electron chi connectivity index (χ1n) is 8.63. The van der Waals surface area contributed by atoms with Crippen molar-refractivity contribution in [2.45, 2.75) is 11.6 Å². The lowest BCUT2D eigenvalue weighted by atomic mass is 9.86. The molecule has 3 N–H and O–H groups in total. The smallest absolute Gasteiger partial charge is 0.404 e. The molecule has 130 valence electrons. The molecule has 0 bridgehead atoms. The molecule has 2 aliphatic rings. The largest absolute Gasteiger partial charge is 0.465 e.